The summed E-state index contributed by atoms with van der Waals surface area (Å²) in [5.41, 5.74) is 0. The number of hydrogen-bond donors (Lipinski definition) is 1. The van der Waals surface area contributed by atoms with E-state index >= 15 is 0 Å². The second kappa shape index (κ2) is 5.80. The summed E-state index contributed by atoms with van der Waals surface area (Å²) in [5, 5.41) is 3.45. The van der Waals surface area contributed by atoms with Crippen LogP contribution in [0.15, 0.2) is 12.4 Å². The average Bonchev–Trinajstić information content (AvgIpc) is 2.38. The van der Waals surface area contributed by atoms with E-state index in [1.165, 1.54) is 19.3 Å². The van der Waals surface area contributed by atoms with Crippen molar-refractivity contribution in [2.45, 2.75) is 38.6 Å². The molecule has 0 amide bonds. The van der Waals surface area contributed by atoms with Gasteiger partial charge in [-0.05, 0) is 19.4 Å². The molecule has 0 aliphatic carbocycles. The third kappa shape index (κ3) is 3.17. The Bertz CT molecular complexity index is 307. The van der Waals surface area contributed by atoms with Crippen molar-refractivity contribution < 1.29 is 4.74 Å². The Labute approximate surface area is 96.4 Å². The van der Waals surface area contributed by atoms with E-state index in [2.05, 4.69) is 15.3 Å². The molecule has 1 atom stereocenters. The fraction of sp³-hybridized carbons (Fsp3) is 0.667. The van der Waals surface area contributed by atoms with Crippen LogP contribution in [0.25, 0.3) is 0 Å². The normalized spacial score (nSPS) is 20.7. The van der Waals surface area contributed by atoms with E-state index < -0.39 is 0 Å². The summed E-state index contributed by atoms with van der Waals surface area (Å²) < 4.78 is 5.66. The van der Waals surface area contributed by atoms with Gasteiger partial charge in [0.25, 0.3) is 0 Å². The van der Waals surface area contributed by atoms with E-state index in [1.54, 1.807) is 12.4 Å². The molecular formula is C12H19N3O. The largest absolute Gasteiger partial charge is 0.489 e. The van der Waals surface area contributed by atoms with Gasteiger partial charge in [-0.25, -0.2) is 9.97 Å². The molecule has 1 aromatic heterocycles. The fourth-order valence-electron chi connectivity index (χ4n) is 1.86. The maximum absolute atomic E-state index is 5.66. The molecule has 0 bridgehead atoms. The van der Waals surface area contributed by atoms with Crippen LogP contribution in [-0.4, -0.2) is 29.2 Å². The molecule has 4 heteroatoms. The molecule has 16 heavy (non-hydrogen) atoms. The molecule has 1 aliphatic rings. The van der Waals surface area contributed by atoms with E-state index in [0.717, 1.165) is 31.1 Å². The third-order valence-electron chi connectivity index (χ3n) is 2.86. The van der Waals surface area contributed by atoms with Crippen molar-refractivity contribution in [3.8, 4) is 5.75 Å². The number of aryl methyl sites for hydroxylation is 1. The van der Waals surface area contributed by atoms with Crippen molar-refractivity contribution in [2.75, 3.05) is 13.2 Å². The number of piperidine rings is 1. The Balaban J connectivity index is 1.79. The smallest absolute Gasteiger partial charge is 0.155 e. The highest BCUT2D eigenvalue weighted by Crippen LogP contribution is 2.11. The van der Waals surface area contributed by atoms with Gasteiger partial charge in [0.05, 0.1) is 12.4 Å². The van der Waals surface area contributed by atoms with Crippen LogP contribution in [0.5, 0.6) is 5.75 Å². The van der Waals surface area contributed by atoms with Gasteiger partial charge in [-0.1, -0.05) is 13.3 Å². The van der Waals surface area contributed by atoms with Crippen LogP contribution in [0.4, 0.5) is 0 Å². The lowest BCUT2D eigenvalue weighted by molar-refractivity contribution is 0.237. The monoisotopic (exact) mass is 221 g/mol. The van der Waals surface area contributed by atoms with E-state index in [9.17, 15) is 0 Å². The molecule has 1 N–H and O–H groups in total. The lowest BCUT2D eigenvalue weighted by Crippen LogP contribution is -2.38. The molecule has 0 radical (unpaired) electrons. The topological polar surface area (TPSA) is 47.0 Å². The second-order valence-corrected chi connectivity index (χ2v) is 4.15. The van der Waals surface area contributed by atoms with Crippen molar-refractivity contribution in [1.82, 2.24) is 15.3 Å². The zero-order valence-electron chi connectivity index (χ0n) is 9.78. The van der Waals surface area contributed by atoms with Gasteiger partial charge in [-0.2, -0.15) is 0 Å². The Morgan fingerprint density at radius 3 is 2.81 bits per heavy atom. The van der Waals surface area contributed by atoms with Crippen LogP contribution in [-0.2, 0) is 6.42 Å². The zero-order valence-corrected chi connectivity index (χ0v) is 9.78. The van der Waals surface area contributed by atoms with Crippen LogP contribution in [0.3, 0.4) is 0 Å². The van der Waals surface area contributed by atoms with Gasteiger partial charge in [0.15, 0.2) is 5.75 Å². The highest BCUT2D eigenvalue weighted by Gasteiger charge is 2.12. The van der Waals surface area contributed by atoms with Crippen molar-refractivity contribution in [3.63, 3.8) is 0 Å². The summed E-state index contributed by atoms with van der Waals surface area (Å²) >= 11 is 0. The first-order chi connectivity index (χ1) is 7.88. The number of hydrogen-bond acceptors (Lipinski definition) is 4. The zero-order chi connectivity index (χ0) is 11.2. The number of nitrogens with one attached hydrogen (secondary N) is 1. The van der Waals surface area contributed by atoms with Gasteiger partial charge in [-0.3, -0.25) is 0 Å². The molecule has 88 valence electrons. The predicted octanol–water partition coefficient (Wildman–Crippen LogP) is 1.56. The van der Waals surface area contributed by atoms with Gasteiger partial charge in [0.1, 0.15) is 12.4 Å². The van der Waals surface area contributed by atoms with Gasteiger partial charge in [-0.15, -0.1) is 0 Å². The first kappa shape index (κ1) is 11.3. The van der Waals surface area contributed by atoms with Gasteiger partial charge >= 0.3 is 0 Å². The molecule has 4 nitrogen and oxygen atoms in total. The van der Waals surface area contributed by atoms with Gasteiger partial charge in [0.2, 0.25) is 0 Å². The van der Waals surface area contributed by atoms with Crippen LogP contribution < -0.4 is 10.1 Å². The van der Waals surface area contributed by atoms with Crippen LogP contribution >= 0.6 is 0 Å². The third-order valence-corrected chi connectivity index (χ3v) is 2.86. The Kier molecular flexibility index (Phi) is 4.10. The summed E-state index contributed by atoms with van der Waals surface area (Å²) in [6.45, 7) is 3.87. The molecule has 2 heterocycles. The average molecular weight is 221 g/mol. The summed E-state index contributed by atoms with van der Waals surface area (Å²) in [7, 11) is 0. The first-order valence-corrected chi connectivity index (χ1v) is 6.05. The molecule has 1 saturated heterocycles. The molecule has 0 spiro atoms. The van der Waals surface area contributed by atoms with E-state index in [-0.39, 0.29) is 0 Å². The SMILES string of the molecule is CCc1ncc(OCC2CCCCN2)cn1. The predicted molar refractivity (Wildman–Crippen MR) is 62.5 cm³/mol. The molecule has 0 aromatic carbocycles. The highest BCUT2D eigenvalue weighted by molar-refractivity contribution is 5.12. The van der Waals surface area contributed by atoms with Crippen molar-refractivity contribution >= 4 is 0 Å². The Hall–Kier alpha value is -1.16. The summed E-state index contributed by atoms with van der Waals surface area (Å²) in [4.78, 5) is 8.41. The van der Waals surface area contributed by atoms with Crippen molar-refractivity contribution in [3.05, 3.63) is 18.2 Å². The molecule has 1 aromatic rings. The van der Waals surface area contributed by atoms with Gasteiger partial charge in [0, 0.05) is 12.5 Å². The minimum absolute atomic E-state index is 0.486. The lowest BCUT2D eigenvalue weighted by atomic mass is 10.1. The van der Waals surface area contributed by atoms with Crippen LogP contribution in [0, 0.1) is 0 Å². The minimum atomic E-state index is 0.486. The van der Waals surface area contributed by atoms with E-state index in [1.807, 2.05) is 6.92 Å². The number of rotatable bonds is 4. The molecule has 1 aliphatic heterocycles. The second-order valence-electron chi connectivity index (χ2n) is 4.15. The molecule has 1 unspecified atom stereocenters. The van der Waals surface area contributed by atoms with E-state index in [0.29, 0.717) is 6.04 Å². The minimum Gasteiger partial charge on any atom is -0.489 e. The van der Waals surface area contributed by atoms with Crippen LogP contribution in [0.2, 0.25) is 0 Å². The Morgan fingerprint density at radius 1 is 1.38 bits per heavy atom. The first-order valence-electron chi connectivity index (χ1n) is 6.05. The molecule has 1 fully saturated rings. The Morgan fingerprint density at radius 2 is 2.19 bits per heavy atom. The lowest BCUT2D eigenvalue weighted by Gasteiger charge is -2.23. The van der Waals surface area contributed by atoms with Crippen LogP contribution in [0.1, 0.15) is 32.0 Å². The molecule has 0 saturated carbocycles. The highest BCUT2D eigenvalue weighted by atomic mass is 16.5. The molecular weight excluding hydrogens is 202 g/mol. The summed E-state index contributed by atoms with van der Waals surface area (Å²) in [6.07, 6.45) is 8.17. The van der Waals surface area contributed by atoms with E-state index in [4.69, 9.17) is 4.74 Å². The maximum Gasteiger partial charge on any atom is 0.155 e. The summed E-state index contributed by atoms with van der Waals surface area (Å²) in [5.74, 6) is 1.63. The standard InChI is InChI=1S/C12H19N3O/c1-2-12-14-7-11(8-15-12)16-9-10-5-3-4-6-13-10/h7-8,10,13H,2-6,9H2,1H3. The quantitative estimate of drug-likeness (QED) is 0.838. The van der Waals surface area contributed by atoms with Gasteiger partial charge < -0.3 is 10.1 Å². The number of aromatic nitrogens is 2. The van der Waals surface area contributed by atoms with Crippen molar-refractivity contribution in [1.29, 1.82) is 0 Å². The number of nitrogens with zero attached hydrogens (tertiary/aromatic N) is 2. The molecule has 2 rings (SSSR count). The number of ether oxygens (including phenoxy) is 1. The van der Waals surface area contributed by atoms with Crippen molar-refractivity contribution in [2.24, 2.45) is 0 Å². The fourth-order valence-corrected chi connectivity index (χ4v) is 1.86. The maximum atomic E-state index is 5.66. The summed E-state index contributed by atoms with van der Waals surface area (Å²) in [6, 6.07) is 0.486.